The zero-order valence-corrected chi connectivity index (χ0v) is 5.25. The largest absolute Gasteiger partial charge is 0.544 e. The first-order valence-electron chi connectivity index (χ1n) is 2.43. The van der Waals surface area contributed by atoms with Gasteiger partial charge in [-0.3, -0.25) is 0 Å². The van der Waals surface area contributed by atoms with Crippen LogP contribution in [0.2, 0.25) is 0 Å². The molecule has 0 aromatic heterocycles. The molecule has 0 atom stereocenters. The summed E-state index contributed by atoms with van der Waals surface area (Å²) in [4.78, 5) is 9.69. The summed E-state index contributed by atoms with van der Waals surface area (Å²) in [6.07, 6.45) is -0.192. The van der Waals surface area contributed by atoms with Crippen LogP contribution in [0, 0.1) is 0 Å². The Labute approximate surface area is 60.4 Å². The topological polar surface area (TPSA) is 80.6 Å². The van der Waals surface area contributed by atoms with Gasteiger partial charge in [-0.2, -0.15) is 8.78 Å². The van der Waals surface area contributed by atoms with Crippen LogP contribution in [0.3, 0.4) is 0 Å². The summed E-state index contributed by atoms with van der Waals surface area (Å²) in [5, 5.41) is 26.1. The number of aliphatic hydroxyl groups is 2. The van der Waals surface area contributed by atoms with Crippen LogP contribution < -0.4 is 5.11 Å². The predicted molar refractivity (Wildman–Crippen MR) is 27.3 cm³/mol. The van der Waals surface area contributed by atoms with Gasteiger partial charge in [-0.25, -0.2) is 0 Å². The maximum atomic E-state index is 12.1. The molecule has 0 rings (SSSR count). The van der Waals surface area contributed by atoms with E-state index in [1.165, 1.54) is 0 Å². The molecular weight excluding hydrogens is 162 g/mol. The second-order valence-electron chi connectivity index (χ2n) is 1.79. The van der Waals surface area contributed by atoms with Crippen molar-refractivity contribution in [3.63, 3.8) is 0 Å². The lowest BCUT2D eigenvalue weighted by molar-refractivity contribution is -0.370. The highest BCUT2D eigenvalue weighted by Gasteiger charge is 2.50. The predicted octanol–water partition coefficient (Wildman–Crippen LogP) is -1.76. The van der Waals surface area contributed by atoms with Crippen LogP contribution in [0.1, 0.15) is 0 Å². The summed E-state index contributed by atoms with van der Waals surface area (Å²) >= 11 is 0. The summed E-state index contributed by atoms with van der Waals surface area (Å²) in [5.74, 6) is -11.2. The van der Waals surface area contributed by atoms with Gasteiger partial charge in [0.2, 0.25) is 0 Å². The van der Waals surface area contributed by atoms with E-state index in [1.54, 1.807) is 0 Å². The number of rotatable bonds is 3. The summed E-state index contributed by atoms with van der Waals surface area (Å²) in [6, 6.07) is 0. The minimum atomic E-state index is -4.33. The zero-order chi connectivity index (χ0) is 9.28. The molecule has 11 heavy (non-hydrogen) atoms. The van der Waals surface area contributed by atoms with E-state index in [1.807, 2.05) is 0 Å². The summed E-state index contributed by atoms with van der Waals surface area (Å²) < 4.78 is 24.3. The number of hydrogen-bond acceptors (Lipinski definition) is 4. The molecule has 4 nitrogen and oxygen atoms in total. The number of carbonyl (C=O) groups is 1. The van der Waals surface area contributed by atoms with Gasteiger partial charge in [0.1, 0.15) is 5.97 Å². The summed E-state index contributed by atoms with van der Waals surface area (Å²) in [6.45, 7) is 2.52. The molecule has 0 fully saturated rings. The molecule has 0 aliphatic heterocycles. The maximum absolute atomic E-state index is 12.1. The van der Waals surface area contributed by atoms with Gasteiger partial charge in [-0.05, 0) is 6.08 Å². The fourth-order valence-electron chi connectivity index (χ4n) is 0.278. The second-order valence-corrected chi connectivity index (χ2v) is 1.79. The summed E-state index contributed by atoms with van der Waals surface area (Å²) in [7, 11) is 0. The van der Waals surface area contributed by atoms with E-state index < -0.39 is 17.7 Å². The molecule has 0 saturated carbocycles. The van der Waals surface area contributed by atoms with Crippen LogP contribution in [0.5, 0.6) is 0 Å². The molecule has 2 N–H and O–H groups in total. The Kier molecular flexibility index (Phi) is 2.32. The maximum Gasteiger partial charge on any atom is 0.324 e. The minimum absolute atomic E-state index is 0.192. The van der Waals surface area contributed by atoms with E-state index in [4.69, 9.17) is 10.2 Å². The van der Waals surface area contributed by atoms with Crippen LogP contribution in [0.4, 0.5) is 8.78 Å². The Balaban J connectivity index is 4.81. The van der Waals surface area contributed by atoms with E-state index in [2.05, 4.69) is 6.58 Å². The second kappa shape index (κ2) is 2.55. The average molecular weight is 167 g/mol. The van der Waals surface area contributed by atoms with Crippen molar-refractivity contribution in [1.82, 2.24) is 0 Å². The fourth-order valence-corrected chi connectivity index (χ4v) is 0.278. The average Bonchev–Trinajstić information content (AvgIpc) is 1.87. The van der Waals surface area contributed by atoms with Crippen molar-refractivity contribution in [2.45, 2.75) is 11.7 Å². The fraction of sp³-hybridized carbons (Fsp3) is 0.400. The van der Waals surface area contributed by atoms with Crippen LogP contribution in [-0.2, 0) is 4.79 Å². The van der Waals surface area contributed by atoms with Gasteiger partial charge in [-0.1, -0.05) is 6.58 Å². The first kappa shape index (κ1) is 9.99. The first-order valence-corrected chi connectivity index (χ1v) is 2.43. The number of hydrogen-bond donors (Lipinski definition) is 2. The van der Waals surface area contributed by atoms with E-state index in [0.29, 0.717) is 0 Å². The van der Waals surface area contributed by atoms with Crippen molar-refractivity contribution in [2.75, 3.05) is 0 Å². The van der Waals surface area contributed by atoms with E-state index in [9.17, 15) is 18.7 Å². The standard InChI is InChI=1S/C5H6F2O4/c1-2-4(6,7)5(10,11)3(8)9/h2,10-11H,1H2,(H,8,9)/p-1. The molecule has 0 bridgehead atoms. The first-order chi connectivity index (χ1) is 4.75. The Morgan fingerprint density at radius 1 is 1.55 bits per heavy atom. The lowest BCUT2D eigenvalue weighted by Gasteiger charge is -2.28. The molecule has 0 aliphatic rings. The zero-order valence-electron chi connectivity index (χ0n) is 5.25. The molecular formula is C5H5F2O4-. The SMILES string of the molecule is C=CC(F)(F)C(O)(O)C(=O)[O-]. The van der Waals surface area contributed by atoms with Gasteiger partial charge in [0.25, 0.3) is 5.79 Å². The Morgan fingerprint density at radius 3 is 2.00 bits per heavy atom. The van der Waals surface area contributed by atoms with Gasteiger partial charge >= 0.3 is 5.92 Å². The summed E-state index contributed by atoms with van der Waals surface area (Å²) in [5.41, 5.74) is 0. The molecule has 6 heteroatoms. The van der Waals surface area contributed by atoms with Crippen molar-refractivity contribution >= 4 is 5.97 Å². The Morgan fingerprint density at radius 2 is 1.91 bits per heavy atom. The number of alkyl halides is 2. The molecule has 0 heterocycles. The highest BCUT2D eigenvalue weighted by Crippen LogP contribution is 2.26. The quantitative estimate of drug-likeness (QED) is 0.385. The smallest absolute Gasteiger partial charge is 0.324 e. The number of carbonyl (C=O) groups excluding carboxylic acids is 1. The van der Waals surface area contributed by atoms with Gasteiger partial charge < -0.3 is 20.1 Å². The molecule has 0 aliphatic carbocycles. The normalized spacial score (nSPS) is 12.7. The van der Waals surface area contributed by atoms with E-state index in [0.717, 1.165) is 0 Å². The van der Waals surface area contributed by atoms with Gasteiger partial charge in [0, 0.05) is 0 Å². The molecule has 0 amide bonds. The molecule has 0 saturated heterocycles. The van der Waals surface area contributed by atoms with Crippen molar-refractivity contribution in [2.24, 2.45) is 0 Å². The van der Waals surface area contributed by atoms with E-state index in [-0.39, 0.29) is 6.08 Å². The van der Waals surface area contributed by atoms with Crippen LogP contribution in [0.15, 0.2) is 12.7 Å². The van der Waals surface area contributed by atoms with Crippen LogP contribution in [-0.4, -0.2) is 27.9 Å². The van der Waals surface area contributed by atoms with Crippen molar-refractivity contribution in [3.05, 3.63) is 12.7 Å². The molecule has 0 radical (unpaired) electrons. The number of aliphatic carboxylic acids is 1. The van der Waals surface area contributed by atoms with Crippen molar-refractivity contribution in [3.8, 4) is 0 Å². The minimum Gasteiger partial charge on any atom is -0.544 e. The molecule has 64 valence electrons. The third-order valence-electron chi connectivity index (χ3n) is 1.01. The van der Waals surface area contributed by atoms with Crippen LogP contribution >= 0.6 is 0 Å². The molecule has 0 unspecified atom stereocenters. The number of carboxylic acid groups (broad SMARTS) is 1. The Bertz CT molecular complexity index is 187. The van der Waals surface area contributed by atoms with Crippen molar-refractivity contribution in [1.29, 1.82) is 0 Å². The monoisotopic (exact) mass is 167 g/mol. The molecule has 0 aromatic carbocycles. The lowest BCUT2D eigenvalue weighted by atomic mass is 10.1. The number of halogens is 2. The highest BCUT2D eigenvalue weighted by atomic mass is 19.3. The van der Waals surface area contributed by atoms with E-state index >= 15 is 0 Å². The lowest BCUT2D eigenvalue weighted by Crippen LogP contribution is -2.59. The van der Waals surface area contributed by atoms with Gasteiger partial charge in [0.05, 0.1) is 0 Å². The van der Waals surface area contributed by atoms with Gasteiger partial charge in [-0.15, -0.1) is 0 Å². The molecule has 0 aromatic rings. The van der Waals surface area contributed by atoms with Gasteiger partial charge in [0.15, 0.2) is 0 Å². The third-order valence-corrected chi connectivity index (χ3v) is 1.01. The number of carboxylic acids is 1. The molecule has 0 spiro atoms. The van der Waals surface area contributed by atoms with Crippen molar-refractivity contribution < 1.29 is 28.9 Å². The Hall–Kier alpha value is -1.01. The van der Waals surface area contributed by atoms with Crippen LogP contribution in [0.25, 0.3) is 0 Å². The third kappa shape index (κ3) is 1.52. The highest BCUT2D eigenvalue weighted by molar-refractivity contribution is 5.74.